The van der Waals surface area contributed by atoms with E-state index in [4.69, 9.17) is 31.2 Å². The average molecular weight is 222 g/mol. The van der Waals surface area contributed by atoms with E-state index in [1.807, 2.05) is 0 Å². The first-order valence-electron chi connectivity index (χ1n) is 1.13. The van der Waals surface area contributed by atoms with Crippen LogP contribution in [0.4, 0.5) is 0 Å². The van der Waals surface area contributed by atoms with Crippen molar-refractivity contribution in [2.24, 2.45) is 0 Å². The number of nitrogens with zero attached hydrogens (tertiary/aromatic N) is 2. The Bertz CT molecular complexity index is 26.5. The monoisotopic (exact) mass is 224 g/mol. The molecule has 0 rings (SSSR count). The first-order valence-corrected chi connectivity index (χ1v) is 1.13. The Hall–Kier alpha value is 0.368. The molecule has 0 amide bonds. The van der Waals surface area contributed by atoms with Crippen LogP contribution in [-0.2, 0) is 21.1 Å². The molecule has 2 N–H and O–H groups in total. The van der Waals surface area contributed by atoms with E-state index in [9.17, 15) is 0 Å². The summed E-state index contributed by atoms with van der Waals surface area (Å²) in [4.78, 5) is 0. The molecule has 0 aliphatic rings. The van der Waals surface area contributed by atoms with Crippen LogP contribution in [0, 0.1) is 20.8 Å². The molecule has 54 valence electrons. The molecule has 9 heavy (non-hydrogen) atoms. The number of hydrogen-bond donors (Lipinski definition) is 2. The first-order chi connectivity index (χ1) is 3.46. The molecule has 0 saturated carbocycles. The molecule has 0 bridgehead atoms. The van der Waals surface area contributed by atoms with Gasteiger partial charge in [0.05, 0.1) is 0 Å². The SMILES string of the molecule is [Mo+4].[O-]N([O-])O.[O-]N([O-])O. The van der Waals surface area contributed by atoms with Crippen molar-refractivity contribution in [3.63, 3.8) is 0 Å². The van der Waals surface area contributed by atoms with E-state index in [0.29, 0.717) is 0 Å². The Balaban J connectivity index is -0.0000000720. The Morgan fingerprint density at radius 1 is 0.778 bits per heavy atom. The van der Waals surface area contributed by atoms with Gasteiger partial charge in [-0.05, 0) is 0 Å². The molecular weight excluding hydrogens is 220 g/mol. The van der Waals surface area contributed by atoms with Gasteiger partial charge in [-0.15, -0.1) is 0 Å². The Morgan fingerprint density at radius 2 is 0.778 bits per heavy atom. The van der Waals surface area contributed by atoms with Gasteiger partial charge >= 0.3 is 21.1 Å². The molecular formula is H2MoN2O6. The van der Waals surface area contributed by atoms with Crippen molar-refractivity contribution in [1.29, 1.82) is 0 Å². The first kappa shape index (κ1) is 16.2. The molecule has 0 aromatic carbocycles. The minimum absolute atomic E-state index is 0. The molecule has 0 aliphatic heterocycles. The molecule has 0 saturated heterocycles. The van der Waals surface area contributed by atoms with Gasteiger partial charge in [0.1, 0.15) is 0 Å². The predicted molar refractivity (Wildman–Crippen MR) is 20.7 cm³/mol. The van der Waals surface area contributed by atoms with Crippen molar-refractivity contribution in [1.82, 2.24) is 10.8 Å². The van der Waals surface area contributed by atoms with E-state index in [2.05, 4.69) is 0 Å². The standard InChI is InChI=1S/Mo.2HNO3/c;2*2-1(3)4/h;2*2H/q+4;2*-2. The summed E-state index contributed by atoms with van der Waals surface area (Å²) in [6.45, 7) is 0. The van der Waals surface area contributed by atoms with Crippen LogP contribution in [0.25, 0.3) is 0 Å². The van der Waals surface area contributed by atoms with Crippen molar-refractivity contribution in [2.75, 3.05) is 0 Å². The van der Waals surface area contributed by atoms with Crippen molar-refractivity contribution in [3.8, 4) is 0 Å². The summed E-state index contributed by atoms with van der Waals surface area (Å²) in [7, 11) is 0. The maximum atomic E-state index is 8.36. The van der Waals surface area contributed by atoms with Gasteiger partial charge < -0.3 is 42.0 Å². The van der Waals surface area contributed by atoms with Gasteiger partial charge in [-0.3, -0.25) is 0 Å². The van der Waals surface area contributed by atoms with Crippen molar-refractivity contribution < 1.29 is 31.5 Å². The van der Waals surface area contributed by atoms with Gasteiger partial charge in [-0.25, -0.2) is 0 Å². The quantitative estimate of drug-likeness (QED) is 0.406. The van der Waals surface area contributed by atoms with E-state index >= 15 is 0 Å². The molecule has 0 aromatic heterocycles. The van der Waals surface area contributed by atoms with Crippen LogP contribution in [0.1, 0.15) is 0 Å². The third-order valence-corrected chi connectivity index (χ3v) is 0. The Kier molecular flexibility index (Phi) is 20.1. The predicted octanol–water partition coefficient (Wildman–Crippen LogP) is -0.656. The summed E-state index contributed by atoms with van der Waals surface area (Å²) in [5.41, 5.74) is 0. The minimum atomic E-state index is -1.50. The molecule has 0 spiro atoms. The van der Waals surface area contributed by atoms with Crippen molar-refractivity contribution >= 4 is 0 Å². The molecule has 0 aromatic rings. The fraction of sp³-hybridized carbons (Fsp3) is 0. The van der Waals surface area contributed by atoms with Crippen molar-refractivity contribution in [3.05, 3.63) is 20.8 Å². The van der Waals surface area contributed by atoms with Crippen LogP contribution in [0.5, 0.6) is 0 Å². The molecule has 0 heterocycles. The van der Waals surface area contributed by atoms with Gasteiger partial charge in [0.2, 0.25) is 0 Å². The van der Waals surface area contributed by atoms with E-state index < -0.39 is 10.8 Å². The maximum absolute atomic E-state index is 8.36. The van der Waals surface area contributed by atoms with Gasteiger partial charge in [0.25, 0.3) is 0 Å². The van der Waals surface area contributed by atoms with E-state index in [0.717, 1.165) is 0 Å². The Morgan fingerprint density at radius 3 is 0.778 bits per heavy atom. The second-order valence-corrected chi connectivity index (χ2v) is 0.476. The summed E-state index contributed by atoms with van der Waals surface area (Å²) in [6, 6.07) is 0. The summed E-state index contributed by atoms with van der Waals surface area (Å²) >= 11 is 0. The zero-order chi connectivity index (χ0) is 7.15. The third kappa shape index (κ3) is 2500. The summed E-state index contributed by atoms with van der Waals surface area (Å²) < 4.78 is 0. The molecule has 9 heteroatoms. The van der Waals surface area contributed by atoms with Crippen LogP contribution in [0.3, 0.4) is 0 Å². The Labute approximate surface area is 63.8 Å². The zero-order valence-corrected chi connectivity index (χ0v) is 5.84. The van der Waals surface area contributed by atoms with Crippen LogP contribution in [-0.4, -0.2) is 21.2 Å². The summed E-state index contributed by atoms with van der Waals surface area (Å²) in [6.07, 6.45) is 0. The maximum Gasteiger partial charge on any atom is 4.00 e. The summed E-state index contributed by atoms with van der Waals surface area (Å²) in [5, 5.41) is 44.0. The molecule has 0 aliphatic carbocycles. The largest absolute Gasteiger partial charge is 4.00 e. The molecule has 0 fully saturated rings. The molecule has 0 unspecified atom stereocenters. The van der Waals surface area contributed by atoms with E-state index in [-0.39, 0.29) is 21.1 Å². The van der Waals surface area contributed by atoms with Gasteiger partial charge in [0, 0.05) is 0 Å². The molecule has 0 atom stereocenters. The van der Waals surface area contributed by atoms with E-state index in [1.54, 1.807) is 0 Å². The average Bonchev–Trinajstić information content (AvgIpc) is 1.25. The smallest absolute Gasteiger partial charge is 0.774 e. The van der Waals surface area contributed by atoms with Gasteiger partial charge in [0.15, 0.2) is 0 Å². The van der Waals surface area contributed by atoms with Crippen LogP contribution in [0.2, 0.25) is 0 Å². The second kappa shape index (κ2) is 11.2. The van der Waals surface area contributed by atoms with Crippen molar-refractivity contribution in [2.45, 2.75) is 0 Å². The second-order valence-electron chi connectivity index (χ2n) is 0.476. The molecule has 0 radical (unpaired) electrons. The van der Waals surface area contributed by atoms with Crippen LogP contribution < -0.4 is 0 Å². The topological polar surface area (TPSA) is 139 Å². The van der Waals surface area contributed by atoms with Crippen LogP contribution in [0.15, 0.2) is 0 Å². The fourth-order valence-corrected chi connectivity index (χ4v) is 0. The fourth-order valence-electron chi connectivity index (χ4n) is 0. The molecule has 8 nitrogen and oxygen atoms in total. The summed E-state index contributed by atoms with van der Waals surface area (Å²) in [5.74, 6) is 0. The normalized spacial score (nSPS) is 8.00. The van der Waals surface area contributed by atoms with Gasteiger partial charge in [-0.2, -0.15) is 0 Å². The third-order valence-electron chi connectivity index (χ3n) is 0. The number of rotatable bonds is 0. The zero-order valence-electron chi connectivity index (χ0n) is 3.83. The van der Waals surface area contributed by atoms with Gasteiger partial charge in [-0.1, -0.05) is 0 Å². The minimum Gasteiger partial charge on any atom is -0.774 e. The van der Waals surface area contributed by atoms with Crippen LogP contribution >= 0.6 is 0 Å². The number of hydrogen-bond acceptors (Lipinski definition) is 8. The van der Waals surface area contributed by atoms with E-state index in [1.165, 1.54) is 0 Å².